The number of nitrogens with two attached hydrogens (primary N) is 1. The molecule has 1 heterocycles. The van der Waals surface area contributed by atoms with E-state index in [1.165, 1.54) is 0 Å². The maximum Gasteiger partial charge on any atom is 0.248 e. The van der Waals surface area contributed by atoms with Gasteiger partial charge in [0.1, 0.15) is 0 Å². The van der Waals surface area contributed by atoms with E-state index in [4.69, 9.17) is 10.5 Å². The topological polar surface area (TPSA) is 52.3 Å². The summed E-state index contributed by atoms with van der Waals surface area (Å²) in [5.41, 5.74) is 8.37. The van der Waals surface area contributed by atoms with Gasteiger partial charge in [-0.25, -0.2) is 0 Å². The first-order valence-electron chi connectivity index (χ1n) is 5.67. The molecular formula is C13H17NO2. The van der Waals surface area contributed by atoms with Gasteiger partial charge in [-0.15, -0.1) is 0 Å². The zero-order chi connectivity index (χ0) is 11.5. The largest absolute Gasteiger partial charge is 0.381 e. The number of primary amides is 1. The first-order valence-corrected chi connectivity index (χ1v) is 5.67. The molecular weight excluding hydrogens is 202 g/mol. The van der Waals surface area contributed by atoms with Crippen LogP contribution in [0.4, 0.5) is 0 Å². The fourth-order valence-corrected chi connectivity index (χ4v) is 2.42. The monoisotopic (exact) mass is 219 g/mol. The van der Waals surface area contributed by atoms with Crippen LogP contribution in [0.3, 0.4) is 0 Å². The molecule has 3 heteroatoms. The summed E-state index contributed by atoms with van der Waals surface area (Å²) in [5.74, 6) is 0.0858. The molecule has 0 radical (unpaired) electrons. The fourth-order valence-electron chi connectivity index (χ4n) is 2.42. The van der Waals surface area contributed by atoms with Crippen molar-refractivity contribution in [3.8, 4) is 0 Å². The lowest BCUT2D eigenvalue weighted by molar-refractivity contribution is 0.0843. The van der Waals surface area contributed by atoms with E-state index in [9.17, 15) is 4.79 Å². The Morgan fingerprint density at radius 1 is 1.38 bits per heavy atom. The number of ether oxygens (including phenoxy) is 1. The lowest BCUT2D eigenvalue weighted by atomic mass is 9.85. The summed E-state index contributed by atoms with van der Waals surface area (Å²) in [6.45, 7) is 3.59. The molecule has 1 aliphatic heterocycles. The summed E-state index contributed by atoms with van der Waals surface area (Å²) in [6.07, 6.45) is 1.95. The summed E-state index contributed by atoms with van der Waals surface area (Å²) in [4.78, 5) is 11.4. The summed E-state index contributed by atoms with van der Waals surface area (Å²) in [5, 5.41) is 0. The van der Waals surface area contributed by atoms with Crippen molar-refractivity contribution in [2.75, 3.05) is 13.2 Å². The first kappa shape index (κ1) is 11.1. The normalized spacial score (nSPS) is 17.3. The van der Waals surface area contributed by atoms with Crippen LogP contribution >= 0.6 is 0 Å². The van der Waals surface area contributed by atoms with Gasteiger partial charge < -0.3 is 10.5 Å². The smallest absolute Gasteiger partial charge is 0.248 e. The molecule has 16 heavy (non-hydrogen) atoms. The van der Waals surface area contributed by atoms with Crippen molar-refractivity contribution >= 4 is 5.91 Å². The van der Waals surface area contributed by atoms with Crippen molar-refractivity contribution in [1.29, 1.82) is 0 Å². The van der Waals surface area contributed by atoms with Crippen molar-refractivity contribution in [3.63, 3.8) is 0 Å². The molecule has 86 valence electrons. The maximum atomic E-state index is 11.4. The van der Waals surface area contributed by atoms with Gasteiger partial charge in [0, 0.05) is 18.8 Å². The number of hydrogen-bond acceptors (Lipinski definition) is 2. The molecule has 2 rings (SSSR count). The fraction of sp³-hybridized carbons (Fsp3) is 0.462. The Bertz CT molecular complexity index is 395. The van der Waals surface area contributed by atoms with E-state index in [1.807, 2.05) is 25.1 Å². The molecule has 0 spiro atoms. The van der Waals surface area contributed by atoms with Crippen LogP contribution in [0.5, 0.6) is 0 Å². The number of amides is 1. The summed E-state index contributed by atoms with van der Waals surface area (Å²) in [6, 6.07) is 5.75. The Hall–Kier alpha value is -1.35. The highest BCUT2D eigenvalue weighted by molar-refractivity contribution is 5.94. The Labute approximate surface area is 95.6 Å². The molecule has 1 aromatic carbocycles. The SMILES string of the molecule is Cc1cccc(C(N)=O)c1C1CCOCC1. The van der Waals surface area contributed by atoms with Crippen LogP contribution < -0.4 is 5.73 Å². The number of rotatable bonds is 2. The van der Waals surface area contributed by atoms with Gasteiger partial charge in [-0.05, 0) is 42.9 Å². The highest BCUT2D eigenvalue weighted by atomic mass is 16.5. The zero-order valence-electron chi connectivity index (χ0n) is 9.53. The molecule has 0 bridgehead atoms. The average molecular weight is 219 g/mol. The van der Waals surface area contributed by atoms with E-state index in [2.05, 4.69) is 0 Å². The Morgan fingerprint density at radius 2 is 2.06 bits per heavy atom. The molecule has 3 nitrogen and oxygen atoms in total. The first-order chi connectivity index (χ1) is 7.70. The van der Waals surface area contributed by atoms with E-state index in [0.717, 1.165) is 37.2 Å². The van der Waals surface area contributed by atoms with Crippen LogP contribution in [0.2, 0.25) is 0 Å². The van der Waals surface area contributed by atoms with E-state index in [0.29, 0.717) is 11.5 Å². The molecule has 0 saturated carbocycles. The van der Waals surface area contributed by atoms with Gasteiger partial charge in [-0.1, -0.05) is 12.1 Å². The van der Waals surface area contributed by atoms with Gasteiger partial charge >= 0.3 is 0 Å². The molecule has 1 aromatic rings. The minimum absolute atomic E-state index is 0.329. The molecule has 1 saturated heterocycles. The quantitative estimate of drug-likeness (QED) is 0.827. The summed E-state index contributed by atoms with van der Waals surface area (Å²) >= 11 is 0. The van der Waals surface area contributed by atoms with Crippen LogP contribution in [0, 0.1) is 6.92 Å². The van der Waals surface area contributed by atoms with Gasteiger partial charge in [-0.3, -0.25) is 4.79 Å². The predicted octanol–water partition coefficient (Wildman–Crippen LogP) is 1.99. The molecule has 0 aromatic heterocycles. The molecule has 1 amide bonds. The Balaban J connectivity index is 2.40. The number of carbonyl (C=O) groups excluding carboxylic acids is 1. The highest BCUT2D eigenvalue weighted by Gasteiger charge is 2.22. The van der Waals surface area contributed by atoms with Crippen molar-refractivity contribution in [1.82, 2.24) is 0 Å². The molecule has 0 unspecified atom stereocenters. The van der Waals surface area contributed by atoms with Crippen LogP contribution in [0.15, 0.2) is 18.2 Å². The molecule has 2 N–H and O–H groups in total. The number of benzene rings is 1. The Morgan fingerprint density at radius 3 is 2.69 bits per heavy atom. The summed E-state index contributed by atoms with van der Waals surface area (Å²) in [7, 11) is 0. The minimum atomic E-state index is -0.329. The minimum Gasteiger partial charge on any atom is -0.381 e. The van der Waals surface area contributed by atoms with Crippen LogP contribution in [0.25, 0.3) is 0 Å². The van der Waals surface area contributed by atoms with Crippen LogP contribution in [0.1, 0.15) is 40.2 Å². The van der Waals surface area contributed by atoms with Crippen molar-refractivity contribution in [2.45, 2.75) is 25.7 Å². The predicted molar refractivity (Wildman–Crippen MR) is 62.5 cm³/mol. The third-order valence-corrected chi connectivity index (χ3v) is 3.22. The van der Waals surface area contributed by atoms with Crippen LogP contribution in [-0.2, 0) is 4.74 Å². The average Bonchev–Trinajstić information content (AvgIpc) is 2.29. The maximum absolute atomic E-state index is 11.4. The lowest BCUT2D eigenvalue weighted by Gasteiger charge is -2.25. The van der Waals surface area contributed by atoms with Gasteiger partial charge in [0.15, 0.2) is 0 Å². The van der Waals surface area contributed by atoms with E-state index in [-0.39, 0.29) is 5.91 Å². The van der Waals surface area contributed by atoms with Crippen molar-refractivity contribution in [3.05, 3.63) is 34.9 Å². The van der Waals surface area contributed by atoms with E-state index >= 15 is 0 Å². The number of carbonyl (C=O) groups is 1. The zero-order valence-corrected chi connectivity index (χ0v) is 9.53. The van der Waals surface area contributed by atoms with E-state index < -0.39 is 0 Å². The molecule has 1 aliphatic rings. The summed E-state index contributed by atoms with van der Waals surface area (Å²) < 4.78 is 5.35. The second-order valence-electron chi connectivity index (χ2n) is 4.29. The highest BCUT2D eigenvalue weighted by Crippen LogP contribution is 2.31. The lowest BCUT2D eigenvalue weighted by Crippen LogP contribution is -2.20. The van der Waals surface area contributed by atoms with Crippen molar-refractivity contribution < 1.29 is 9.53 Å². The van der Waals surface area contributed by atoms with E-state index in [1.54, 1.807) is 0 Å². The van der Waals surface area contributed by atoms with Gasteiger partial charge in [0.25, 0.3) is 0 Å². The molecule has 0 aliphatic carbocycles. The van der Waals surface area contributed by atoms with Gasteiger partial charge in [0.2, 0.25) is 5.91 Å². The molecule has 0 atom stereocenters. The molecule has 1 fully saturated rings. The van der Waals surface area contributed by atoms with Crippen LogP contribution in [-0.4, -0.2) is 19.1 Å². The standard InChI is InChI=1S/C13H17NO2/c1-9-3-2-4-11(13(14)15)12(9)10-5-7-16-8-6-10/h2-4,10H,5-8H2,1H3,(H2,14,15). The van der Waals surface area contributed by atoms with Gasteiger partial charge in [-0.2, -0.15) is 0 Å². The van der Waals surface area contributed by atoms with Crippen molar-refractivity contribution in [2.24, 2.45) is 5.73 Å². The third-order valence-electron chi connectivity index (χ3n) is 3.22. The number of hydrogen-bond donors (Lipinski definition) is 1. The number of aryl methyl sites for hydroxylation is 1. The van der Waals surface area contributed by atoms with Gasteiger partial charge in [0.05, 0.1) is 0 Å². The second-order valence-corrected chi connectivity index (χ2v) is 4.29. The second kappa shape index (κ2) is 4.66. The third kappa shape index (κ3) is 2.09. The Kier molecular flexibility index (Phi) is 3.25.